The molecule has 192 valence electrons. The zero-order valence-corrected chi connectivity index (χ0v) is 20.6. The average molecular weight is 518 g/mol. The number of rotatable bonds is 6. The van der Waals surface area contributed by atoms with Gasteiger partial charge in [0.15, 0.2) is 0 Å². The van der Waals surface area contributed by atoms with Gasteiger partial charge in [-0.25, -0.2) is 17.6 Å². The molecule has 0 spiro atoms. The molecule has 2 amide bonds. The second-order valence-corrected chi connectivity index (χ2v) is 11.5. The van der Waals surface area contributed by atoms with Crippen molar-refractivity contribution >= 4 is 33.4 Å². The van der Waals surface area contributed by atoms with Gasteiger partial charge in [0.1, 0.15) is 23.8 Å². The number of hydrogen-bond acceptors (Lipinski definition) is 6. The predicted molar refractivity (Wildman–Crippen MR) is 130 cm³/mol. The Kier molecular flexibility index (Phi) is 6.50. The van der Waals surface area contributed by atoms with Crippen molar-refractivity contribution in [3.63, 3.8) is 0 Å². The van der Waals surface area contributed by atoms with Crippen LogP contribution in [0.4, 0.5) is 20.6 Å². The van der Waals surface area contributed by atoms with Crippen LogP contribution in [0.3, 0.4) is 0 Å². The van der Waals surface area contributed by atoms with Crippen molar-refractivity contribution in [2.45, 2.75) is 49.7 Å². The van der Waals surface area contributed by atoms with Crippen molar-refractivity contribution in [3.8, 4) is 5.75 Å². The molecule has 2 aromatic carbocycles. The summed E-state index contributed by atoms with van der Waals surface area (Å²) in [5.74, 6) is 0.486. The lowest BCUT2D eigenvalue weighted by atomic mass is 9.98. The highest BCUT2D eigenvalue weighted by atomic mass is 32.2. The van der Waals surface area contributed by atoms with Crippen LogP contribution in [0.2, 0.25) is 0 Å². The number of nitrogens with one attached hydrogen (secondary N) is 2. The van der Waals surface area contributed by atoms with Gasteiger partial charge in [-0.15, -0.1) is 0 Å². The second-order valence-electron chi connectivity index (χ2n) is 9.59. The number of halogens is 1. The summed E-state index contributed by atoms with van der Waals surface area (Å²) in [6.45, 7) is 1.36. The first-order chi connectivity index (χ1) is 17.2. The van der Waals surface area contributed by atoms with Crippen molar-refractivity contribution < 1.29 is 31.9 Å². The van der Waals surface area contributed by atoms with E-state index in [-0.39, 0.29) is 41.4 Å². The average Bonchev–Trinajstić information content (AvgIpc) is 3.46. The third kappa shape index (κ3) is 4.97. The number of fused-ring (bicyclic) bond motifs is 3. The fraction of sp³-hybridized carbons (Fsp3) is 0.440. The number of hydrogen-bond donors (Lipinski definition) is 2. The zero-order chi connectivity index (χ0) is 25.4. The summed E-state index contributed by atoms with van der Waals surface area (Å²) in [6.07, 6.45) is 2.93. The number of benzene rings is 2. The Morgan fingerprint density at radius 3 is 2.58 bits per heavy atom. The summed E-state index contributed by atoms with van der Waals surface area (Å²) in [5, 5.41) is 5.34. The maximum atomic E-state index is 13.5. The molecule has 11 heteroatoms. The van der Waals surface area contributed by atoms with Gasteiger partial charge < -0.3 is 14.8 Å². The molecule has 1 heterocycles. The number of ether oxygens (including phenoxy) is 2. The zero-order valence-electron chi connectivity index (χ0n) is 19.8. The van der Waals surface area contributed by atoms with Gasteiger partial charge in [0.25, 0.3) is 10.0 Å². The summed E-state index contributed by atoms with van der Waals surface area (Å²) in [5.41, 5.74) is 0.571. The molecular weight excluding hydrogens is 489 g/mol. The minimum atomic E-state index is -4.10. The predicted octanol–water partition coefficient (Wildman–Crippen LogP) is 3.66. The number of carbonyl (C=O) groups excluding carboxylic acids is 2. The normalized spacial score (nSPS) is 24.6. The molecule has 3 aliphatic rings. The quantitative estimate of drug-likeness (QED) is 0.605. The van der Waals surface area contributed by atoms with E-state index in [0.29, 0.717) is 17.5 Å². The lowest BCUT2D eigenvalue weighted by Gasteiger charge is -2.35. The summed E-state index contributed by atoms with van der Waals surface area (Å²) < 4.78 is 53.2. The fourth-order valence-electron chi connectivity index (χ4n) is 5.33. The summed E-state index contributed by atoms with van der Waals surface area (Å²) in [7, 11) is -4.10. The van der Waals surface area contributed by atoms with E-state index in [9.17, 15) is 22.4 Å². The molecule has 36 heavy (non-hydrogen) atoms. The first-order valence-corrected chi connectivity index (χ1v) is 13.4. The molecule has 2 fully saturated rings. The van der Waals surface area contributed by atoms with Crippen LogP contribution in [0.5, 0.6) is 5.75 Å². The minimum absolute atomic E-state index is 0.0883. The van der Waals surface area contributed by atoms with Gasteiger partial charge in [-0.2, -0.15) is 0 Å². The van der Waals surface area contributed by atoms with E-state index in [0.717, 1.165) is 35.7 Å². The summed E-state index contributed by atoms with van der Waals surface area (Å²) in [6, 6.07) is 9.21. The van der Waals surface area contributed by atoms with Gasteiger partial charge in [-0.05, 0) is 80.0 Å². The van der Waals surface area contributed by atoms with Crippen LogP contribution in [0.25, 0.3) is 0 Å². The van der Waals surface area contributed by atoms with Crippen LogP contribution < -0.4 is 19.7 Å². The molecule has 2 aromatic rings. The number of nitrogens with zero attached hydrogens (tertiary/aromatic N) is 1. The molecule has 5 rings (SSSR count). The molecule has 0 radical (unpaired) electrons. The van der Waals surface area contributed by atoms with E-state index in [4.69, 9.17) is 9.47 Å². The highest BCUT2D eigenvalue weighted by Crippen LogP contribution is 2.46. The highest BCUT2D eigenvalue weighted by Gasteiger charge is 2.42. The Morgan fingerprint density at radius 1 is 1.14 bits per heavy atom. The summed E-state index contributed by atoms with van der Waals surface area (Å²) >= 11 is 0. The van der Waals surface area contributed by atoms with Crippen molar-refractivity contribution in [1.82, 2.24) is 5.32 Å². The van der Waals surface area contributed by atoms with Crippen LogP contribution >= 0.6 is 0 Å². The van der Waals surface area contributed by atoms with Crippen molar-refractivity contribution in [1.29, 1.82) is 0 Å². The standard InChI is InChI=1S/C25H28FN3O6S/c1-15(30)27-13-20-14-29(36(32,33)21-7-4-18(26)5-8-21)22-12-19(6-9-23(22)34-20)28-25(31)35-24-11-16-2-3-17(24)10-16/h4-9,12,16-17,20,24H,2-3,10-11,13-14H2,1H3,(H,27,30)(H,28,31)/t16?,17?,20-,24-/m0/s1. The SMILES string of the molecule is CC(=O)NC[C@H]1CN(S(=O)(=O)c2ccc(F)cc2)c2cc(NC(=O)O[C@H]3CC4CCC3C4)ccc2O1. The molecule has 2 N–H and O–H groups in total. The minimum Gasteiger partial charge on any atom is -0.484 e. The lowest BCUT2D eigenvalue weighted by molar-refractivity contribution is -0.119. The van der Waals surface area contributed by atoms with Crippen LogP contribution in [-0.4, -0.2) is 45.7 Å². The van der Waals surface area contributed by atoms with E-state index in [2.05, 4.69) is 10.6 Å². The molecule has 0 saturated heterocycles. The van der Waals surface area contributed by atoms with Gasteiger partial charge in [0, 0.05) is 12.6 Å². The molecule has 9 nitrogen and oxygen atoms in total. The maximum Gasteiger partial charge on any atom is 0.411 e. The van der Waals surface area contributed by atoms with Gasteiger partial charge in [0.2, 0.25) is 5.91 Å². The Balaban J connectivity index is 1.39. The number of amides is 2. The van der Waals surface area contributed by atoms with Crippen LogP contribution in [-0.2, 0) is 19.6 Å². The van der Waals surface area contributed by atoms with Gasteiger partial charge in [-0.3, -0.25) is 14.4 Å². The molecule has 0 aromatic heterocycles. The Morgan fingerprint density at radius 2 is 1.92 bits per heavy atom. The van der Waals surface area contributed by atoms with Crippen LogP contribution in [0.15, 0.2) is 47.4 Å². The third-order valence-corrected chi connectivity index (χ3v) is 8.84. The first kappa shape index (κ1) is 24.4. The Labute approximate surface area is 209 Å². The highest BCUT2D eigenvalue weighted by molar-refractivity contribution is 7.92. The molecule has 2 aliphatic carbocycles. The maximum absolute atomic E-state index is 13.5. The monoisotopic (exact) mass is 517 g/mol. The summed E-state index contributed by atoms with van der Waals surface area (Å²) in [4.78, 5) is 23.9. The molecular formula is C25H28FN3O6S. The third-order valence-electron chi connectivity index (χ3n) is 7.05. The van der Waals surface area contributed by atoms with Crippen LogP contribution in [0, 0.1) is 17.7 Å². The number of sulfonamides is 1. The smallest absolute Gasteiger partial charge is 0.411 e. The van der Waals surface area contributed by atoms with E-state index in [1.807, 2.05) is 0 Å². The fourth-order valence-corrected chi connectivity index (χ4v) is 6.83. The van der Waals surface area contributed by atoms with E-state index >= 15 is 0 Å². The topological polar surface area (TPSA) is 114 Å². The molecule has 2 saturated carbocycles. The van der Waals surface area contributed by atoms with Gasteiger partial charge in [-0.1, -0.05) is 0 Å². The number of anilines is 2. The van der Waals surface area contributed by atoms with Crippen molar-refractivity contribution in [2.75, 3.05) is 22.7 Å². The largest absolute Gasteiger partial charge is 0.484 e. The van der Waals surface area contributed by atoms with Crippen molar-refractivity contribution in [2.24, 2.45) is 11.8 Å². The molecule has 1 aliphatic heterocycles. The van der Waals surface area contributed by atoms with E-state index < -0.39 is 28.0 Å². The van der Waals surface area contributed by atoms with Gasteiger partial charge in [0.05, 0.1) is 23.7 Å². The molecule has 4 atom stereocenters. The second kappa shape index (κ2) is 9.61. The van der Waals surface area contributed by atoms with E-state index in [1.54, 1.807) is 12.1 Å². The first-order valence-electron chi connectivity index (χ1n) is 12.0. The Hall–Kier alpha value is -3.34. The van der Waals surface area contributed by atoms with Gasteiger partial charge >= 0.3 is 6.09 Å². The van der Waals surface area contributed by atoms with Crippen LogP contribution in [0.1, 0.15) is 32.6 Å². The number of carbonyl (C=O) groups is 2. The lowest BCUT2D eigenvalue weighted by Crippen LogP contribution is -2.48. The van der Waals surface area contributed by atoms with E-state index in [1.165, 1.54) is 31.5 Å². The Bertz CT molecular complexity index is 1270. The molecule has 2 bridgehead atoms. The van der Waals surface area contributed by atoms with Crippen molar-refractivity contribution in [3.05, 3.63) is 48.3 Å². The molecule has 2 unspecified atom stereocenters.